The normalized spacial score (nSPS) is 12.0. The molecule has 2 N–H and O–H groups in total. The van der Waals surface area contributed by atoms with E-state index >= 15 is 0 Å². The molecule has 144 valence electrons. The summed E-state index contributed by atoms with van der Waals surface area (Å²) in [5, 5.41) is 20.5. The predicted octanol–water partition coefficient (Wildman–Crippen LogP) is 4.14. The van der Waals surface area contributed by atoms with Crippen LogP contribution in [0.4, 0.5) is 0 Å². The number of nitrogens with zero attached hydrogens (tertiary/aromatic N) is 3. The molecule has 29 heavy (non-hydrogen) atoms. The molecule has 0 bridgehead atoms. The lowest BCUT2D eigenvalue weighted by Crippen LogP contribution is -2.09. The number of fused-ring (bicyclic) bond motifs is 2. The zero-order chi connectivity index (χ0) is 20.2. The summed E-state index contributed by atoms with van der Waals surface area (Å²) >= 11 is 1.54. The van der Waals surface area contributed by atoms with Crippen LogP contribution < -0.4 is 0 Å². The van der Waals surface area contributed by atoms with E-state index in [9.17, 15) is 15.2 Å². The quantitative estimate of drug-likeness (QED) is 0.284. The number of ether oxygens (including phenoxy) is 1. The zero-order valence-corrected chi connectivity index (χ0v) is 16.1. The molecule has 0 fully saturated rings. The summed E-state index contributed by atoms with van der Waals surface area (Å²) in [7, 11) is 0. The number of allylic oxidation sites excluding steroid dienone is 1. The van der Waals surface area contributed by atoms with Crippen LogP contribution in [0, 0.1) is 11.3 Å². The Morgan fingerprint density at radius 2 is 1.90 bits per heavy atom. The number of nitriles is 1. The van der Waals surface area contributed by atoms with Crippen LogP contribution in [0.25, 0.3) is 26.8 Å². The van der Waals surface area contributed by atoms with Crippen molar-refractivity contribution in [2.75, 3.05) is 6.61 Å². The number of carbonyl (C=O) groups excluding carboxylic acids is 1. The largest absolute Gasteiger partial charge is 0.507 e. The molecule has 0 aliphatic carbocycles. The van der Waals surface area contributed by atoms with Crippen molar-refractivity contribution in [1.82, 2.24) is 15.0 Å². The van der Waals surface area contributed by atoms with Gasteiger partial charge in [-0.1, -0.05) is 24.3 Å². The molecular weight excluding hydrogens is 388 g/mol. The molecular formula is C21H16N4O3S. The highest BCUT2D eigenvalue weighted by atomic mass is 32.1. The van der Waals surface area contributed by atoms with Gasteiger partial charge in [-0.25, -0.2) is 9.97 Å². The lowest BCUT2D eigenvalue weighted by atomic mass is 10.2. The maximum absolute atomic E-state index is 12.0. The van der Waals surface area contributed by atoms with Gasteiger partial charge in [0.2, 0.25) is 0 Å². The third-order valence-corrected chi connectivity index (χ3v) is 5.37. The maximum Gasteiger partial charge on any atom is 0.306 e. The average Bonchev–Trinajstić information content (AvgIpc) is 3.34. The van der Waals surface area contributed by atoms with Crippen LogP contribution in [0.2, 0.25) is 0 Å². The molecule has 7 nitrogen and oxygen atoms in total. The van der Waals surface area contributed by atoms with Crippen LogP contribution in [0.1, 0.15) is 17.3 Å². The fourth-order valence-corrected chi connectivity index (χ4v) is 3.82. The summed E-state index contributed by atoms with van der Waals surface area (Å²) in [6.45, 7) is -0.390. The number of carbonyl (C=O) groups is 1. The highest BCUT2D eigenvalue weighted by Gasteiger charge is 2.15. The van der Waals surface area contributed by atoms with E-state index < -0.39 is 12.6 Å². The first kappa shape index (κ1) is 18.7. The highest BCUT2D eigenvalue weighted by Crippen LogP contribution is 2.23. The Kier molecular flexibility index (Phi) is 5.22. The lowest BCUT2D eigenvalue weighted by molar-refractivity contribution is -0.143. The number of para-hydroxylation sites is 3. The molecule has 4 aromatic rings. The standard InChI is InChI=1S/C21H16N4O3S/c22-11-13(21-24-14-5-1-2-6-15(14)25-21)17(26)12-28-20(27)10-9-19-23-16-7-3-4-8-18(16)29-19/h1-8,26H,9-10,12H2,(H,24,25)/b17-13-. The van der Waals surface area contributed by atoms with Crippen molar-refractivity contribution in [1.29, 1.82) is 5.26 Å². The van der Waals surface area contributed by atoms with Gasteiger partial charge in [-0.3, -0.25) is 4.79 Å². The number of rotatable bonds is 6. The molecule has 0 amide bonds. The van der Waals surface area contributed by atoms with E-state index in [0.717, 1.165) is 20.7 Å². The smallest absolute Gasteiger partial charge is 0.306 e. The van der Waals surface area contributed by atoms with Gasteiger partial charge in [-0.2, -0.15) is 5.26 Å². The van der Waals surface area contributed by atoms with Gasteiger partial charge in [-0.05, 0) is 24.3 Å². The van der Waals surface area contributed by atoms with Crippen LogP contribution in [-0.4, -0.2) is 32.6 Å². The number of H-pyrrole nitrogens is 1. The van der Waals surface area contributed by atoms with Crippen LogP contribution in [-0.2, 0) is 16.0 Å². The van der Waals surface area contributed by atoms with Gasteiger partial charge in [0.15, 0.2) is 11.6 Å². The first-order valence-electron chi connectivity index (χ1n) is 8.91. The minimum Gasteiger partial charge on any atom is -0.507 e. The van der Waals surface area contributed by atoms with E-state index in [0.29, 0.717) is 11.9 Å². The number of aliphatic hydroxyl groups excluding tert-OH is 1. The number of hydrogen-bond donors (Lipinski definition) is 2. The first-order chi connectivity index (χ1) is 14.1. The van der Waals surface area contributed by atoms with Gasteiger partial charge in [0.05, 0.1) is 32.7 Å². The Bertz CT molecular complexity index is 1200. The fraction of sp³-hybridized carbons (Fsp3) is 0.143. The fourth-order valence-electron chi connectivity index (χ4n) is 2.85. The topological polar surface area (TPSA) is 112 Å². The summed E-state index contributed by atoms with van der Waals surface area (Å²) in [6.07, 6.45) is 0.594. The molecule has 0 aliphatic heterocycles. The van der Waals surface area contributed by atoms with Crippen LogP contribution >= 0.6 is 11.3 Å². The van der Waals surface area contributed by atoms with Gasteiger partial charge in [0.25, 0.3) is 0 Å². The van der Waals surface area contributed by atoms with Gasteiger partial charge in [-0.15, -0.1) is 11.3 Å². The number of imidazole rings is 1. The van der Waals surface area contributed by atoms with E-state index in [1.165, 1.54) is 11.3 Å². The summed E-state index contributed by atoms with van der Waals surface area (Å²) in [5.41, 5.74) is 2.28. The zero-order valence-electron chi connectivity index (χ0n) is 15.3. The van der Waals surface area contributed by atoms with Gasteiger partial charge < -0.3 is 14.8 Å². The third kappa shape index (κ3) is 4.10. The number of aromatic nitrogens is 3. The Morgan fingerprint density at radius 1 is 1.14 bits per heavy atom. The predicted molar refractivity (Wildman–Crippen MR) is 110 cm³/mol. The highest BCUT2D eigenvalue weighted by molar-refractivity contribution is 7.18. The summed E-state index contributed by atoms with van der Waals surface area (Å²) < 4.78 is 6.19. The van der Waals surface area contributed by atoms with Crippen molar-refractivity contribution in [2.45, 2.75) is 12.8 Å². The van der Waals surface area contributed by atoms with E-state index in [1.807, 2.05) is 48.5 Å². The maximum atomic E-state index is 12.0. The Labute approximate surface area is 169 Å². The third-order valence-electron chi connectivity index (χ3n) is 4.28. The number of aromatic amines is 1. The molecule has 2 heterocycles. The van der Waals surface area contributed by atoms with Crippen molar-refractivity contribution < 1.29 is 14.6 Å². The van der Waals surface area contributed by atoms with Gasteiger partial charge in [0, 0.05) is 6.42 Å². The van der Waals surface area contributed by atoms with Crippen molar-refractivity contribution in [3.63, 3.8) is 0 Å². The summed E-state index contributed by atoms with van der Waals surface area (Å²) in [4.78, 5) is 23.8. The van der Waals surface area contributed by atoms with Crippen molar-refractivity contribution >= 4 is 44.1 Å². The molecule has 0 atom stereocenters. The summed E-state index contributed by atoms with van der Waals surface area (Å²) in [5.74, 6) is -0.589. The second kappa shape index (κ2) is 8.12. The van der Waals surface area contributed by atoms with Crippen LogP contribution in [0.15, 0.2) is 54.3 Å². The lowest BCUT2D eigenvalue weighted by Gasteiger charge is -2.05. The second-order valence-corrected chi connectivity index (χ2v) is 7.39. The van der Waals surface area contributed by atoms with Crippen molar-refractivity contribution in [2.24, 2.45) is 0 Å². The number of thiazole rings is 1. The minimum atomic E-state index is -0.474. The van der Waals surface area contributed by atoms with Gasteiger partial charge >= 0.3 is 5.97 Å². The molecule has 0 saturated heterocycles. The molecule has 4 rings (SSSR count). The number of aryl methyl sites for hydroxylation is 1. The Hall–Kier alpha value is -3.70. The van der Waals surface area contributed by atoms with Crippen LogP contribution in [0.5, 0.6) is 0 Å². The number of nitrogens with one attached hydrogen (secondary N) is 1. The molecule has 0 spiro atoms. The molecule has 2 aromatic heterocycles. The number of benzene rings is 2. The molecule has 0 aliphatic rings. The average molecular weight is 404 g/mol. The SMILES string of the molecule is N#C/C(=C(/O)COC(=O)CCc1nc2ccccc2s1)c1nc2ccccc2[nH]1. The van der Waals surface area contributed by atoms with E-state index in [-0.39, 0.29) is 23.6 Å². The molecule has 0 saturated carbocycles. The number of aliphatic hydroxyl groups is 1. The molecule has 0 radical (unpaired) electrons. The van der Waals surface area contributed by atoms with E-state index in [1.54, 1.807) is 6.07 Å². The first-order valence-corrected chi connectivity index (χ1v) is 9.73. The second-order valence-electron chi connectivity index (χ2n) is 6.27. The van der Waals surface area contributed by atoms with Crippen LogP contribution in [0.3, 0.4) is 0 Å². The van der Waals surface area contributed by atoms with E-state index in [4.69, 9.17) is 4.74 Å². The van der Waals surface area contributed by atoms with E-state index in [2.05, 4.69) is 15.0 Å². The van der Waals surface area contributed by atoms with Crippen molar-refractivity contribution in [3.05, 3.63) is 65.1 Å². The Morgan fingerprint density at radius 3 is 2.66 bits per heavy atom. The monoisotopic (exact) mass is 404 g/mol. The minimum absolute atomic E-state index is 0.0554. The Balaban J connectivity index is 1.38. The molecule has 0 unspecified atom stereocenters. The summed E-state index contributed by atoms with van der Waals surface area (Å²) in [6, 6.07) is 17.0. The number of hydrogen-bond acceptors (Lipinski definition) is 7. The molecule has 8 heteroatoms. The van der Waals surface area contributed by atoms with Crippen molar-refractivity contribution in [3.8, 4) is 6.07 Å². The molecule has 2 aromatic carbocycles. The van der Waals surface area contributed by atoms with Gasteiger partial charge in [0.1, 0.15) is 18.2 Å². The number of esters is 1.